The zero-order chi connectivity index (χ0) is 13.4. The fourth-order valence-electron chi connectivity index (χ4n) is 1.49. The van der Waals surface area contributed by atoms with Gasteiger partial charge in [0.1, 0.15) is 17.2 Å². The van der Waals surface area contributed by atoms with Crippen LogP contribution in [0, 0.1) is 6.92 Å². The summed E-state index contributed by atoms with van der Waals surface area (Å²) in [6.07, 6.45) is 0. The van der Waals surface area contributed by atoms with E-state index in [0.717, 1.165) is 22.8 Å². The van der Waals surface area contributed by atoms with Gasteiger partial charge in [-0.25, -0.2) is 0 Å². The van der Waals surface area contributed by atoms with Crippen LogP contribution in [0.5, 0.6) is 17.2 Å². The van der Waals surface area contributed by atoms with Crippen LogP contribution in [0.15, 0.2) is 48.5 Å². The van der Waals surface area contributed by atoms with E-state index in [9.17, 15) is 0 Å². The molecule has 0 saturated carbocycles. The molecule has 0 N–H and O–H groups in total. The predicted octanol–water partition coefficient (Wildman–Crippen LogP) is 4.82. The topological polar surface area (TPSA) is 18.5 Å². The van der Waals surface area contributed by atoms with Crippen LogP contribution in [0.2, 0.25) is 0 Å². The highest BCUT2D eigenvalue weighted by molar-refractivity contribution is 5.41. The molecule has 0 saturated heterocycles. The summed E-state index contributed by atoms with van der Waals surface area (Å²) in [5.41, 5.74) is 1.10. The number of benzene rings is 2. The van der Waals surface area contributed by atoms with E-state index in [-0.39, 0.29) is 0 Å². The van der Waals surface area contributed by atoms with Gasteiger partial charge in [-0.1, -0.05) is 38.1 Å². The van der Waals surface area contributed by atoms with E-state index in [0.29, 0.717) is 0 Å². The van der Waals surface area contributed by atoms with Gasteiger partial charge in [0, 0.05) is 6.07 Å². The van der Waals surface area contributed by atoms with Crippen LogP contribution in [0.25, 0.3) is 0 Å². The predicted molar refractivity (Wildman–Crippen MR) is 75.6 cm³/mol. The summed E-state index contributed by atoms with van der Waals surface area (Å²) < 4.78 is 10.9. The minimum atomic E-state index is 0.786. The Bertz CT molecular complexity index is 464. The Hall–Kier alpha value is -1.96. The van der Waals surface area contributed by atoms with Crippen molar-refractivity contribution in [1.82, 2.24) is 0 Å². The van der Waals surface area contributed by atoms with Crippen LogP contribution in [0.3, 0.4) is 0 Å². The molecule has 96 valence electrons. The quantitative estimate of drug-likeness (QED) is 0.770. The average Bonchev–Trinajstić information content (AvgIpc) is 2.44. The largest absolute Gasteiger partial charge is 0.496 e. The second kappa shape index (κ2) is 7.38. The third kappa shape index (κ3) is 3.81. The maximum absolute atomic E-state index is 5.70. The fourth-order valence-corrected chi connectivity index (χ4v) is 1.49. The number of para-hydroxylation sites is 1. The Labute approximate surface area is 109 Å². The molecule has 0 amide bonds. The van der Waals surface area contributed by atoms with Crippen LogP contribution in [0.1, 0.15) is 19.4 Å². The Morgan fingerprint density at radius 2 is 1.50 bits per heavy atom. The summed E-state index contributed by atoms with van der Waals surface area (Å²) in [7, 11) is 1.66. The highest BCUT2D eigenvalue weighted by Crippen LogP contribution is 2.27. The van der Waals surface area contributed by atoms with Crippen LogP contribution in [0.4, 0.5) is 0 Å². The average molecular weight is 244 g/mol. The molecule has 0 spiro atoms. The Morgan fingerprint density at radius 1 is 0.833 bits per heavy atom. The minimum Gasteiger partial charge on any atom is -0.496 e. The summed E-state index contributed by atoms with van der Waals surface area (Å²) in [5.74, 6) is 2.45. The minimum absolute atomic E-state index is 0.786. The molecule has 2 heteroatoms. The zero-order valence-corrected chi connectivity index (χ0v) is 11.4. The lowest BCUT2D eigenvalue weighted by Crippen LogP contribution is -1.89. The first kappa shape index (κ1) is 14.1. The van der Waals surface area contributed by atoms with E-state index in [4.69, 9.17) is 9.47 Å². The van der Waals surface area contributed by atoms with Crippen molar-refractivity contribution in [2.45, 2.75) is 20.8 Å². The van der Waals surface area contributed by atoms with Crippen LogP contribution in [-0.4, -0.2) is 7.11 Å². The lowest BCUT2D eigenvalue weighted by molar-refractivity contribution is 0.406. The van der Waals surface area contributed by atoms with Gasteiger partial charge < -0.3 is 9.47 Å². The molecule has 0 fully saturated rings. The molecule has 0 radical (unpaired) electrons. The van der Waals surface area contributed by atoms with E-state index in [1.54, 1.807) is 7.11 Å². The third-order valence-electron chi connectivity index (χ3n) is 2.36. The second-order valence-corrected chi connectivity index (χ2v) is 3.55. The zero-order valence-electron chi connectivity index (χ0n) is 11.4. The summed E-state index contributed by atoms with van der Waals surface area (Å²) >= 11 is 0. The maximum atomic E-state index is 5.70. The van der Waals surface area contributed by atoms with E-state index < -0.39 is 0 Å². The first-order valence-electron chi connectivity index (χ1n) is 6.17. The number of rotatable bonds is 3. The molecule has 0 bridgehead atoms. The van der Waals surface area contributed by atoms with Gasteiger partial charge in [0.15, 0.2) is 0 Å². The van der Waals surface area contributed by atoms with Crippen molar-refractivity contribution in [2.24, 2.45) is 0 Å². The highest BCUT2D eigenvalue weighted by atomic mass is 16.5. The third-order valence-corrected chi connectivity index (χ3v) is 2.36. The monoisotopic (exact) mass is 244 g/mol. The molecule has 2 nitrogen and oxygen atoms in total. The summed E-state index contributed by atoms with van der Waals surface area (Å²) in [6.45, 7) is 6.01. The Morgan fingerprint density at radius 3 is 2.11 bits per heavy atom. The van der Waals surface area contributed by atoms with Gasteiger partial charge in [0.2, 0.25) is 0 Å². The van der Waals surface area contributed by atoms with Crippen molar-refractivity contribution in [1.29, 1.82) is 0 Å². The van der Waals surface area contributed by atoms with Gasteiger partial charge in [-0.3, -0.25) is 0 Å². The molecule has 0 aliphatic rings. The molecule has 2 rings (SSSR count). The normalized spacial score (nSPS) is 9.11. The second-order valence-electron chi connectivity index (χ2n) is 3.55. The summed E-state index contributed by atoms with van der Waals surface area (Å²) in [5, 5.41) is 0. The maximum Gasteiger partial charge on any atom is 0.131 e. The molecule has 0 unspecified atom stereocenters. The van der Waals surface area contributed by atoms with E-state index in [2.05, 4.69) is 0 Å². The molecule has 0 aromatic heterocycles. The van der Waals surface area contributed by atoms with Gasteiger partial charge in [-0.15, -0.1) is 0 Å². The lowest BCUT2D eigenvalue weighted by atomic mass is 10.2. The molecular formula is C16H20O2. The number of aryl methyl sites for hydroxylation is 1. The fraction of sp³-hybridized carbons (Fsp3) is 0.250. The van der Waals surface area contributed by atoms with Crippen molar-refractivity contribution >= 4 is 0 Å². The number of hydrogen-bond acceptors (Lipinski definition) is 2. The lowest BCUT2D eigenvalue weighted by Gasteiger charge is -2.09. The van der Waals surface area contributed by atoms with Crippen LogP contribution in [-0.2, 0) is 0 Å². The van der Waals surface area contributed by atoms with Gasteiger partial charge >= 0.3 is 0 Å². The molecule has 18 heavy (non-hydrogen) atoms. The van der Waals surface area contributed by atoms with Crippen molar-refractivity contribution in [3.05, 3.63) is 54.1 Å². The first-order chi connectivity index (χ1) is 8.79. The summed E-state index contributed by atoms with van der Waals surface area (Å²) in [6, 6.07) is 15.5. The van der Waals surface area contributed by atoms with Crippen LogP contribution < -0.4 is 9.47 Å². The van der Waals surface area contributed by atoms with Gasteiger partial charge in [0.25, 0.3) is 0 Å². The van der Waals surface area contributed by atoms with Crippen molar-refractivity contribution in [2.75, 3.05) is 7.11 Å². The SMILES string of the molecule is CC.COc1cc(Oc2ccccc2)ccc1C. The smallest absolute Gasteiger partial charge is 0.131 e. The molecule has 2 aromatic rings. The molecule has 0 aliphatic heterocycles. The molecule has 0 aliphatic carbocycles. The molecular weight excluding hydrogens is 224 g/mol. The Kier molecular flexibility index (Phi) is 5.78. The summed E-state index contributed by atoms with van der Waals surface area (Å²) in [4.78, 5) is 0. The van der Waals surface area contributed by atoms with E-state index in [1.165, 1.54) is 0 Å². The molecule has 0 heterocycles. The highest BCUT2D eigenvalue weighted by Gasteiger charge is 2.01. The van der Waals surface area contributed by atoms with Gasteiger partial charge in [0.05, 0.1) is 7.11 Å². The Balaban J connectivity index is 0.000000771. The van der Waals surface area contributed by atoms with Crippen molar-refractivity contribution in [3.8, 4) is 17.2 Å². The first-order valence-corrected chi connectivity index (χ1v) is 6.17. The molecule has 2 aromatic carbocycles. The van der Waals surface area contributed by atoms with E-state index in [1.807, 2.05) is 69.3 Å². The standard InChI is InChI=1S/C14H14O2.C2H6/c1-11-8-9-13(10-14(11)15-2)16-12-6-4-3-5-7-12;1-2/h3-10H,1-2H3;1-2H3. The number of hydrogen-bond donors (Lipinski definition) is 0. The molecule has 0 atom stereocenters. The van der Waals surface area contributed by atoms with Gasteiger partial charge in [-0.05, 0) is 30.7 Å². The van der Waals surface area contributed by atoms with Gasteiger partial charge in [-0.2, -0.15) is 0 Å². The number of methoxy groups -OCH3 is 1. The van der Waals surface area contributed by atoms with Crippen molar-refractivity contribution < 1.29 is 9.47 Å². The van der Waals surface area contributed by atoms with Crippen LogP contribution >= 0.6 is 0 Å². The van der Waals surface area contributed by atoms with E-state index >= 15 is 0 Å². The number of ether oxygens (including phenoxy) is 2. The van der Waals surface area contributed by atoms with Crippen molar-refractivity contribution in [3.63, 3.8) is 0 Å².